The van der Waals surface area contributed by atoms with Crippen LogP contribution in [-0.4, -0.2) is 32.8 Å². The first-order valence-corrected chi connectivity index (χ1v) is 13.1. The highest BCUT2D eigenvalue weighted by atomic mass is 16.6. The van der Waals surface area contributed by atoms with Crippen LogP contribution in [0.1, 0.15) is 11.1 Å². The number of hydrogen-bond acceptors (Lipinski definition) is 10. The summed E-state index contributed by atoms with van der Waals surface area (Å²) in [6.07, 6.45) is 1.25. The molecule has 4 aromatic carbocycles. The molecule has 2 heterocycles. The number of furan rings is 1. The van der Waals surface area contributed by atoms with E-state index in [1.54, 1.807) is 54.6 Å². The lowest BCUT2D eigenvalue weighted by Crippen LogP contribution is -2.20. The van der Waals surface area contributed by atoms with Gasteiger partial charge in [-0.05, 0) is 42.0 Å². The van der Waals surface area contributed by atoms with Crippen LogP contribution < -0.4 is 15.0 Å². The molecule has 0 radical (unpaired) electrons. The van der Waals surface area contributed by atoms with Gasteiger partial charge in [0.25, 0.3) is 16.9 Å². The fourth-order valence-electron chi connectivity index (χ4n) is 4.64. The average Bonchev–Trinajstić information content (AvgIpc) is 3.48. The molecule has 0 N–H and O–H groups in total. The van der Waals surface area contributed by atoms with Gasteiger partial charge in [-0.1, -0.05) is 30.3 Å². The number of rotatable bonds is 9. The summed E-state index contributed by atoms with van der Waals surface area (Å²) in [6, 6.07) is 23.6. The highest BCUT2D eigenvalue weighted by Crippen LogP contribution is 2.33. The molecule has 2 aromatic heterocycles. The number of hydrogen-bond donors (Lipinski definition) is 0. The Kier molecular flexibility index (Phi) is 7.25. The fraction of sp³-hybridized carbons (Fsp3) is 0.0645. The third kappa shape index (κ3) is 5.32. The van der Waals surface area contributed by atoms with Crippen molar-refractivity contribution >= 4 is 39.5 Å². The molecule has 0 spiro atoms. The van der Waals surface area contributed by atoms with E-state index in [0.717, 1.165) is 4.68 Å². The van der Waals surface area contributed by atoms with Gasteiger partial charge in [-0.3, -0.25) is 25.0 Å². The highest BCUT2D eigenvalue weighted by molar-refractivity contribution is 5.89. The van der Waals surface area contributed by atoms with Gasteiger partial charge in [0.1, 0.15) is 23.7 Å². The van der Waals surface area contributed by atoms with Crippen LogP contribution in [0.4, 0.5) is 11.4 Å². The molecule has 0 bridgehead atoms. The van der Waals surface area contributed by atoms with Crippen molar-refractivity contribution in [2.24, 2.45) is 5.10 Å². The molecule has 13 nitrogen and oxygen atoms in total. The first kappa shape index (κ1) is 27.8. The van der Waals surface area contributed by atoms with E-state index in [4.69, 9.17) is 13.9 Å². The standard InChI is InChI=1S/C31H21N5O8/c1-42-27-10-5-11-28-24(27)16-29(44-28)30-33-25-9-3-2-8-23(25)31(37)34(30)32-17-20-15-22(36(40)41)12-13-26(20)43-18-19-6-4-7-21(14-19)35(38)39/h2-17H,18H2,1H3. The predicted octanol–water partition coefficient (Wildman–Crippen LogP) is 6.10. The number of nitrogens with zero attached hydrogens (tertiary/aromatic N) is 5. The first-order valence-electron chi connectivity index (χ1n) is 13.1. The molecule has 0 saturated carbocycles. The van der Waals surface area contributed by atoms with E-state index in [2.05, 4.69) is 10.1 Å². The third-order valence-electron chi connectivity index (χ3n) is 6.75. The van der Waals surface area contributed by atoms with Crippen molar-refractivity contribution < 1.29 is 23.7 Å². The lowest BCUT2D eigenvalue weighted by Gasteiger charge is -2.10. The van der Waals surface area contributed by atoms with Gasteiger partial charge < -0.3 is 13.9 Å². The summed E-state index contributed by atoms with van der Waals surface area (Å²) >= 11 is 0. The number of benzene rings is 4. The molecule has 0 aliphatic carbocycles. The van der Waals surface area contributed by atoms with Crippen molar-refractivity contribution in [1.29, 1.82) is 0 Å². The maximum atomic E-state index is 13.7. The molecule has 0 amide bonds. The molecule has 0 aliphatic rings. The Labute approximate surface area is 247 Å². The lowest BCUT2D eigenvalue weighted by molar-refractivity contribution is -0.385. The molecule has 0 atom stereocenters. The number of para-hydroxylation sites is 1. The molecule has 44 heavy (non-hydrogen) atoms. The zero-order chi connectivity index (χ0) is 30.8. The Morgan fingerprint density at radius 2 is 1.66 bits per heavy atom. The van der Waals surface area contributed by atoms with E-state index in [1.165, 1.54) is 49.7 Å². The maximum Gasteiger partial charge on any atom is 0.282 e. The van der Waals surface area contributed by atoms with E-state index in [0.29, 0.717) is 33.2 Å². The SMILES string of the molecule is COc1cccc2oc(-c3nc4ccccc4c(=O)n3N=Cc3cc([N+](=O)[O-])ccc3OCc3cccc([N+](=O)[O-])c3)cc12. The van der Waals surface area contributed by atoms with Crippen molar-refractivity contribution in [3.05, 3.63) is 133 Å². The van der Waals surface area contributed by atoms with Gasteiger partial charge in [0, 0.05) is 29.8 Å². The fourth-order valence-corrected chi connectivity index (χ4v) is 4.64. The monoisotopic (exact) mass is 591 g/mol. The molecule has 0 unspecified atom stereocenters. The Balaban J connectivity index is 1.45. The van der Waals surface area contributed by atoms with Crippen LogP contribution in [0.3, 0.4) is 0 Å². The van der Waals surface area contributed by atoms with E-state index >= 15 is 0 Å². The molecule has 218 valence electrons. The van der Waals surface area contributed by atoms with Gasteiger partial charge in [-0.15, -0.1) is 0 Å². The average molecular weight is 592 g/mol. The van der Waals surface area contributed by atoms with Crippen molar-refractivity contribution in [3.63, 3.8) is 0 Å². The topological polar surface area (TPSA) is 165 Å². The number of aromatic nitrogens is 2. The second-order valence-corrected chi connectivity index (χ2v) is 9.49. The maximum absolute atomic E-state index is 13.7. The zero-order valence-electron chi connectivity index (χ0n) is 22.9. The smallest absolute Gasteiger partial charge is 0.282 e. The Morgan fingerprint density at radius 3 is 2.45 bits per heavy atom. The minimum absolute atomic E-state index is 0.0656. The van der Waals surface area contributed by atoms with Crippen molar-refractivity contribution in [2.75, 3.05) is 7.11 Å². The van der Waals surface area contributed by atoms with E-state index < -0.39 is 15.4 Å². The molecule has 0 fully saturated rings. The number of nitro groups is 2. The molecular formula is C31H21N5O8. The summed E-state index contributed by atoms with van der Waals surface area (Å²) in [7, 11) is 1.54. The molecule has 6 aromatic rings. The highest BCUT2D eigenvalue weighted by Gasteiger charge is 2.19. The molecule has 0 saturated heterocycles. The quantitative estimate of drug-likeness (QED) is 0.110. The van der Waals surface area contributed by atoms with Crippen LogP contribution in [0.2, 0.25) is 0 Å². The van der Waals surface area contributed by atoms with Gasteiger partial charge >= 0.3 is 0 Å². The predicted molar refractivity (Wildman–Crippen MR) is 161 cm³/mol. The van der Waals surface area contributed by atoms with Crippen LogP contribution in [-0.2, 0) is 6.61 Å². The van der Waals surface area contributed by atoms with Gasteiger partial charge in [-0.25, -0.2) is 4.98 Å². The second kappa shape index (κ2) is 11.5. The van der Waals surface area contributed by atoms with E-state index in [-0.39, 0.29) is 40.9 Å². The number of ether oxygens (including phenoxy) is 2. The van der Waals surface area contributed by atoms with Gasteiger partial charge in [0.05, 0.1) is 39.5 Å². The normalized spacial score (nSPS) is 11.3. The van der Waals surface area contributed by atoms with Gasteiger partial charge in [0.2, 0.25) is 5.82 Å². The van der Waals surface area contributed by atoms with Crippen molar-refractivity contribution in [3.8, 4) is 23.1 Å². The number of non-ortho nitro benzene ring substituents is 2. The summed E-state index contributed by atoms with van der Waals surface area (Å²) in [4.78, 5) is 40.0. The first-order chi connectivity index (χ1) is 21.3. The zero-order valence-corrected chi connectivity index (χ0v) is 22.9. The minimum Gasteiger partial charge on any atom is -0.496 e. The summed E-state index contributed by atoms with van der Waals surface area (Å²) in [5.41, 5.74) is 0.785. The lowest BCUT2D eigenvalue weighted by atomic mass is 10.2. The van der Waals surface area contributed by atoms with Crippen LogP contribution in [0, 0.1) is 20.2 Å². The van der Waals surface area contributed by atoms with Crippen LogP contribution in [0.25, 0.3) is 33.5 Å². The summed E-state index contributed by atoms with van der Waals surface area (Å²) in [5, 5.41) is 28.1. The van der Waals surface area contributed by atoms with E-state index in [1.807, 2.05) is 0 Å². The Morgan fingerprint density at radius 1 is 0.886 bits per heavy atom. The Bertz CT molecular complexity index is 2170. The summed E-state index contributed by atoms with van der Waals surface area (Å²) in [5.74, 6) is 1.10. The number of nitro benzene ring substituents is 2. The van der Waals surface area contributed by atoms with Crippen LogP contribution in [0.15, 0.2) is 105 Å². The summed E-state index contributed by atoms with van der Waals surface area (Å²) < 4.78 is 18.4. The molecule has 13 heteroatoms. The van der Waals surface area contributed by atoms with Crippen LogP contribution >= 0.6 is 0 Å². The third-order valence-corrected chi connectivity index (χ3v) is 6.75. The number of fused-ring (bicyclic) bond motifs is 2. The van der Waals surface area contributed by atoms with E-state index in [9.17, 15) is 25.0 Å². The van der Waals surface area contributed by atoms with Crippen molar-refractivity contribution in [1.82, 2.24) is 9.66 Å². The largest absolute Gasteiger partial charge is 0.496 e. The number of methoxy groups -OCH3 is 1. The molecule has 6 rings (SSSR count). The minimum atomic E-state index is -0.571. The summed E-state index contributed by atoms with van der Waals surface area (Å²) in [6.45, 7) is -0.0656. The second-order valence-electron chi connectivity index (χ2n) is 9.49. The van der Waals surface area contributed by atoms with Crippen LogP contribution in [0.5, 0.6) is 11.5 Å². The van der Waals surface area contributed by atoms with Crippen molar-refractivity contribution in [2.45, 2.75) is 6.61 Å². The molecular weight excluding hydrogens is 570 g/mol. The Hall–Kier alpha value is -6.37. The molecule has 0 aliphatic heterocycles. The van der Waals surface area contributed by atoms with Gasteiger partial charge in [-0.2, -0.15) is 9.78 Å². The van der Waals surface area contributed by atoms with Gasteiger partial charge in [0.15, 0.2) is 5.76 Å².